The molecule has 0 unspecified atom stereocenters. The predicted molar refractivity (Wildman–Crippen MR) is 74.2 cm³/mol. The fourth-order valence-corrected chi connectivity index (χ4v) is 3.67. The number of fused-ring (bicyclic) bond motifs is 1. The molecule has 1 aromatic heterocycles. The molecule has 1 radical (unpaired) electrons. The van der Waals surface area contributed by atoms with Gasteiger partial charge < -0.3 is 0 Å². The first kappa shape index (κ1) is 13.2. The quantitative estimate of drug-likeness (QED) is 0.694. The average Bonchev–Trinajstić information content (AvgIpc) is 2.61. The van der Waals surface area contributed by atoms with Gasteiger partial charge in [0.1, 0.15) is 0 Å². The molecule has 2 amide bonds. The van der Waals surface area contributed by atoms with Gasteiger partial charge in [-0.1, -0.05) is 0 Å². The van der Waals surface area contributed by atoms with E-state index in [1.165, 1.54) is 0 Å². The molecule has 5 nitrogen and oxygen atoms in total. The van der Waals surface area contributed by atoms with Crippen LogP contribution in [0.1, 0.15) is 15.9 Å². The van der Waals surface area contributed by atoms with Gasteiger partial charge in [0.05, 0.1) is 0 Å². The number of carbonyl (C=O) groups excluding carboxylic acids is 2. The van der Waals surface area contributed by atoms with Crippen molar-refractivity contribution in [1.82, 2.24) is 4.98 Å². The molecule has 0 aliphatic rings. The Labute approximate surface area is 118 Å². The van der Waals surface area contributed by atoms with E-state index in [4.69, 9.17) is 11.5 Å². The van der Waals surface area contributed by atoms with Crippen LogP contribution in [0.25, 0.3) is 10.9 Å². The average molecular weight is 371 g/mol. The van der Waals surface area contributed by atoms with E-state index in [0.717, 1.165) is 20.9 Å². The summed E-state index contributed by atoms with van der Waals surface area (Å²) >= 11 is 2.48. The van der Waals surface area contributed by atoms with E-state index >= 15 is 0 Å². The van der Waals surface area contributed by atoms with Crippen molar-refractivity contribution in [2.75, 3.05) is 0 Å². The predicted octanol–water partition coefficient (Wildman–Crippen LogP) is 0.746. The van der Waals surface area contributed by atoms with Crippen LogP contribution in [-0.4, -0.2) is 31.3 Å². The molecule has 1 aromatic carbocycles. The Morgan fingerprint density at radius 1 is 1.33 bits per heavy atom. The Morgan fingerprint density at radius 2 is 2.00 bits per heavy atom. The normalized spacial score (nSPS) is 11.4. The van der Waals surface area contributed by atoms with Gasteiger partial charge in [0.15, 0.2) is 0 Å². The summed E-state index contributed by atoms with van der Waals surface area (Å²) in [5.41, 5.74) is 12.7. The van der Waals surface area contributed by atoms with Crippen LogP contribution >= 0.6 is 15.9 Å². The van der Waals surface area contributed by atoms with Crippen molar-refractivity contribution in [3.05, 3.63) is 27.7 Å². The molecule has 1 heterocycles. The number of primary amides is 2. The minimum absolute atomic E-state index is 0.374. The van der Waals surface area contributed by atoms with E-state index in [1.807, 2.05) is 13.0 Å². The molecule has 0 spiro atoms. The Hall–Kier alpha value is -1.26. The second-order valence-corrected chi connectivity index (χ2v) is 6.94. The maximum atomic E-state index is 11.5. The number of carbonyl (C=O) groups is 2. The zero-order chi connectivity index (χ0) is 13.4. The van der Waals surface area contributed by atoms with Crippen molar-refractivity contribution in [2.45, 2.75) is 6.92 Å². The fraction of sp³-hybridized carbons (Fsp3) is 0.0909. The molecule has 2 aromatic rings. The summed E-state index contributed by atoms with van der Waals surface area (Å²) in [4.78, 5) is 25.7. The Bertz CT molecular complexity index is 666. The third kappa shape index (κ3) is 2.18. The molecule has 0 saturated heterocycles. The number of benzene rings is 1. The van der Waals surface area contributed by atoms with Crippen molar-refractivity contribution in [2.24, 2.45) is 11.5 Å². The molecular formula is C11H10AsBrN3O2. The van der Waals surface area contributed by atoms with Crippen LogP contribution in [0, 0.1) is 6.92 Å². The van der Waals surface area contributed by atoms with Crippen LogP contribution in [0.4, 0.5) is 4.79 Å². The summed E-state index contributed by atoms with van der Waals surface area (Å²) in [6.07, 6.45) is 0. The number of halogens is 1. The summed E-state index contributed by atoms with van der Waals surface area (Å²) in [5.74, 6) is -0.547. The molecule has 0 fully saturated rings. The van der Waals surface area contributed by atoms with Gasteiger partial charge in [0.2, 0.25) is 0 Å². The van der Waals surface area contributed by atoms with Crippen molar-refractivity contribution in [3.63, 3.8) is 0 Å². The first-order chi connectivity index (χ1) is 8.41. The number of aromatic amines is 1. The van der Waals surface area contributed by atoms with E-state index in [-0.39, 0.29) is 0 Å². The van der Waals surface area contributed by atoms with Gasteiger partial charge in [-0.15, -0.1) is 0 Å². The molecular weight excluding hydrogens is 361 g/mol. The third-order valence-electron chi connectivity index (χ3n) is 2.62. The van der Waals surface area contributed by atoms with Crippen LogP contribution in [0.5, 0.6) is 0 Å². The second-order valence-electron chi connectivity index (χ2n) is 3.76. The van der Waals surface area contributed by atoms with Crippen LogP contribution in [-0.2, 0) is 0 Å². The first-order valence-corrected chi connectivity index (χ1v) is 7.70. The van der Waals surface area contributed by atoms with Crippen LogP contribution < -0.4 is 15.9 Å². The molecule has 0 aliphatic carbocycles. The summed E-state index contributed by atoms with van der Waals surface area (Å²) < 4.78 is 1.06. The van der Waals surface area contributed by atoms with Crippen molar-refractivity contribution in [1.29, 1.82) is 0 Å². The van der Waals surface area contributed by atoms with E-state index < -0.39 is 26.4 Å². The molecule has 93 valence electrons. The number of hydrogen-bond donors (Lipinski definition) is 3. The molecule has 0 aliphatic heterocycles. The molecule has 2 rings (SSSR count). The van der Waals surface area contributed by atoms with E-state index in [9.17, 15) is 9.59 Å². The van der Waals surface area contributed by atoms with Gasteiger partial charge in [0, 0.05) is 0 Å². The number of aryl methyl sites for hydroxylation is 1. The number of aromatic nitrogens is 1. The van der Waals surface area contributed by atoms with Gasteiger partial charge in [-0.25, -0.2) is 0 Å². The monoisotopic (exact) mass is 370 g/mol. The van der Waals surface area contributed by atoms with Gasteiger partial charge in [-0.2, -0.15) is 0 Å². The second kappa shape index (κ2) is 4.78. The maximum absolute atomic E-state index is 11.5. The Balaban J connectivity index is 2.78. The molecule has 18 heavy (non-hydrogen) atoms. The van der Waals surface area contributed by atoms with Crippen molar-refractivity contribution in [3.8, 4) is 0 Å². The Morgan fingerprint density at radius 3 is 2.56 bits per heavy atom. The number of H-pyrrole nitrogens is 1. The van der Waals surface area contributed by atoms with Gasteiger partial charge >= 0.3 is 118 Å². The van der Waals surface area contributed by atoms with Crippen LogP contribution in [0.15, 0.2) is 16.6 Å². The minimum atomic E-state index is -0.936. The molecule has 0 bridgehead atoms. The molecule has 5 N–H and O–H groups in total. The summed E-state index contributed by atoms with van der Waals surface area (Å²) in [5, 5.41) is 0.731. The summed E-state index contributed by atoms with van der Waals surface area (Å²) in [7, 11) is 0. The number of amides is 2. The van der Waals surface area contributed by atoms with Gasteiger partial charge in [-0.05, 0) is 0 Å². The number of nitrogens with two attached hydrogens (primary N) is 2. The number of hydrogen-bond acceptors (Lipinski definition) is 2. The SMILES string of the molecule is Cc1c(Br)ccc2c(C(N)=O)c([As]C(N)=O)[nH]c12. The van der Waals surface area contributed by atoms with E-state index in [2.05, 4.69) is 20.9 Å². The number of nitrogens with one attached hydrogen (secondary N) is 1. The van der Waals surface area contributed by atoms with Crippen molar-refractivity contribution >= 4 is 57.7 Å². The van der Waals surface area contributed by atoms with Crippen LogP contribution in [0.2, 0.25) is 0 Å². The summed E-state index contributed by atoms with van der Waals surface area (Å²) in [6.45, 7) is 1.91. The van der Waals surface area contributed by atoms with E-state index in [0.29, 0.717) is 10.0 Å². The number of rotatable bonds is 3. The van der Waals surface area contributed by atoms with Crippen molar-refractivity contribution < 1.29 is 9.59 Å². The summed E-state index contributed by atoms with van der Waals surface area (Å²) in [6, 6.07) is 3.65. The zero-order valence-corrected chi connectivity index (χ0v) is 12.9. The standard InChI is InChI=1S/C11H10AsBrN3O2/c1-4-6(13)3-2-5-7(10(14)17)9(12-11(15)18)16-8(4)5/h2-3,16H,1H3,(H2,14,17)(H2,15,18). The topological polar surface area (TPSA) is 102 Å². The molecule has 0 atom stereocenters. The first-order valence-electron chi connectivity index (χ1n) is 5.03. The zero-order valence-electron chi connectivity index (χ0n) is 9.45. The van der Waals surface area contributed by atoms with Gasteiger partial charge in [0.25, 0.3) is 0 Å². The fourth-order valence-electron chi connectivity index (χ4n) is 1.81. The van der Waals surface area contributed by atoms with E-state index in [1.54, 1.807) is 6.07 Å². The third-order valence-corrected chi connectivity index (χ3v) is 5.11. The Kier molecular flexibility index (Phi) is 3.50. The van der Waals surface area contributed by atoms with Crippen LogP contribution in [0.3, 0.4) is 0 Å². The molecule has 7 heteroatoms. The van der Waals surface area contributed by atoms with Gasteiger partial charge in [-0.3, -0.25) is 0 Å². The molecule has 0 saturated carbocycles.